The lowest BCUT2D eigenvalue weighted by Gasteiger charge is -2.08. The summed E-state index contributed by atoms with van der Waals surface area (Å²) in [5, 5.41) is 0. The molecule has 0 saturated heterocycles. The molecule has 0 atom stereocenters. The number of aldehydes is 1. The predicted molar refractivity (Wildman–Crippen MR) is 60.1 cm³/mol. The second-order valence-corrected chi connectivity index (χ2v) is 3.87. The van der Waals surface area contributed by atoms with Crippen LogP contribution in [0.2, 0.25) is 0 Å². The van der Waals surface area contributed by atoms with E-state index in [-0.39, 0.29) is 0 Å². The molecule has 0 bridgehead atoms. The van der Waals surface area contributed by atoms with Crippen molar-refractivity contribution in [2.24, 2.45) is 0 Å². The number of aryl methyl sites for hydroxylation is 1. The minimum atomic E-state index is 0.308. The van der Waals surface area contributed by atoms with Crippen LogP contribution in [0.5, 0.6) is 0 Å². The topological polar surface area (TPSA) is 31.2 Å². The number of aromatic nitrogens is 1. The fourth-order valence-corrected chi connectivity index (χ4v) is 1.44. The monoisotopic (exact) mass is 209 g/mol. The Balaban J connectivity index is 2.17. The van der Waals surface area contributed by atoms with Gasteiger partial charge in [0.05, 0.1) is 11.8 Å². The minimum Gasteiger partial charge on any atom is -0.379 e. The molecular formula is C12H19NO2. The Kier molecular flexibility index (Phi) is 5.12. The molecule has 0 aliphatic carbocycles. The normalized spacial score (nSPS) is 10.9. The average Bonchev–Trinajstić information content (AvgIpc) is 2.64. The van der Waals surface area contributed by atoms with E-state index in [0.717, 1.165) is 38.0 Å². The number of carbonyl (C=O) groups excluding carboxylic acids is 1. The van der Waals surface area contributed by atoms with E-state index in [1.807, 2.05) is 36.7 Å². The number of nitrogens with zero attached hydrogens (tertiary/aromatic N) is 1. The van der Waals surface area contributed by atoms with Crippen LogP contribution in [0.1, 0.15) is 37.2 Å². The van der Waals surface area contributed by atoms with Gasteiger partial charge in [0, 0.05) is 19.3 Å². The highest BCUT2D eigenvalue weighted by atomic mass is 16.5. The first-order valence-corrected chi connectivity index (χ1v) is 5.46. The van der Waals surface area contributed by atoms with E-state index in [2.05, 4.69) is 0 Å². The van der Waals surface area contributed by atoms with E-state index in [0.29, 0.717) is 6.10 Å². The summed E-state index contributed by atoms with van der Waals surface area (Å²) >= 11 is 0. The van der Waals surface area contributed by atoms with Crippen LogP contribution in [0.15, 0.2) is 18.3 Å². The molecule has 1 heterocycles. The molecular weight excluding hydrogens is 190 g/mol. The van der Waals surface area contributed by atoms with Crippen LogP contribution in [-0.4, -0.2) is 23.6 Å². The third kappa shape index (κ3) is 4.30. The quantitative estimate of drug-likeness (QED) is 0.510. The summed E-state index contributed by atoms with van der Waals surface area (Å²) in [4.78, 5) is 10.6. The molecule has 3 heteroatoms. The lowest BCUT2D eigenvalue weighted by molar-refractivity contribution is 0.0754. The summed E-state index contributed by atoms with van der Waals surface area (Å²) in [6, 6.07) is 3.73. The van der Waals surface area contributed by atoms with Gasteiger partial charge in [0.1, 0.15) is 0 Å². The number of hydrogen-bond donors (Lipinski definition) is 0. The maximum Gasteiger partial charge on any atom is 0.166 e. The third-order valence-corrected chi connectivity index (χ3v) is 2.23. The van der Waals surface area contributed by atoms with Crippen molar-refractivity contribution in [1.29, 1.82) is 0 Å². The fraction of sp³-hybridized carbons (Fsp3) is 0.583. The zero-order chi connectivity index (χ0) is 11.1. The van der Waals surface area contributed by atoms with Crippen molar-refractivity contribution in [3.63, 3.8) is 0 Å². The van der Waals surface area contributed by atoms with Gasteiger partial charge < -0.3 is 9.30 Å². The summed E-state index contributed by atoms with van der Waals surface area (Å²) in [5.74, 6) is 0. The molecule has 3 nitrogen and oxygen atoms in total. The van der Waals surface area contributed by atoms with E-state index < -0.39 is 0 Å². The maximum atomic E-state index is 10.6. The molecule has 0 N–H and O–H groups in total. The van der Waals surface area contributed by atoms with Gasteiger partial charge in [-0.25, -0.2) is 0 Å². The van der Waals surface area contributed by atoms with Crippen molar-refractivity contribution >= 4 is 6.29 Å². The Bertz CT molecular complexity index is 292. The summed E-state index contributed by atoms with van der Waals surface area (Å²) in [6.07, 6.45) is 5.22. The van der Waals surface area contributed by atoms with Crippen molar-refractivity contribution in [2.75, 3.05) is 6.61 Å². The molecule has 0 unspecified atom stereocenters. The summed E-state index contributed by atoms with van der Waals surface area (Å²) in [5.41, 5.74) is 0.750. The summed E-state index contributed by atoms with van der Waals surface area (Å²) < 4.78 is 7.41. The second-order valence-electron chi connectivity index (χ2n) is 3.87. The fourth-order valence-electron chi connectivity index (χ4n) is 1.44. The lowest BCUT2D eigenvalue weighted by Crippen LogP contribution is -2.06. The number of carbonyl (C=O) groups is 1. The minimum absolute atomic E-state index is 0.308. The van der Waals surface area contributed by atoms with E-state index in [1.165, 1.54) is 0 Å². The first-order chi connectivity index (χ1) is 7.24. The molecule has 84 valence electrons. The van der Waals surface area contributed by atoms with Gasteiger partial charge in [-0.3, -0.25) is 4.79 Å². The molecule has 1 rings (SSSR count). The Labute approximate surface area is 91.0 Å². The lowest BCUT2D eigenvalue weighted by atomic mass is 10.3. The number of rotatable bonds is 7. The van der Waals surface area contributed by atoms with Crippen LogP contribution in [0.4, 0.5) is 0 Å². The first kappa shape index (κ1) is 12.0. The van der Waals surface area contributed by atoms with Crippen molar-refractivity contribution in [3.8, 4) is 0 Å². The van der Waals surface area contributed by atoms with Gasteiger partial charge >= 0.3 is 0 Å². The van der Waals surface area contributed by atoms with E-state index in [1.54, 1.807) is 0 Å². The summed E-state index contributed by atoms with van der Waals surface area (Å²) in [7, 11) is 0. The van der Waals surface area contributed by atoms with E-state index in [9.17, 15) is 4.79 Å². The Morgan fingerprint density at radius 3 is 2.93 bits per heavy atom. The molecule has 15 heavy (non-hydrogen) atoms. The molecule has 0 amide bonds. The van der Waals surface area contributed by atoms with Crippen LogP contribution in [0, 0.1) is 0 Å². The Hall–Kier alpha value is -1.09. The molecule has 0 aliphatic rings. The molecule has 0 aromatic carbocycles. The standard InChI is InChI=1S/C12H19NO2/c1-11(2)15-9-4-3-7-13-8-5-6-12(13)10-14/h5-6,8,10-11H,3-4,7,9H2,1-2H3. The molecule has 0 spiro atoms. The number of ether oxygens (including phenoxy) is 1. The number of unbranched alkanes of at least 4 members (excludes halogenated alkanes) is 1. The van der Waals surface area contributed by atoms with Gasteiger partial charge in [-0.15, -0.1) is 0 Å². The van der Waals surface area contributed by atoms with Crippen molar-refractivity contribution < 1.29 is 9.53 Å². The summed E-state index contributed by atoms with van der Waals surface area (Å²) in [6.45, 7) is 5.77. The van der Waals surface area contributed by atoms with Crippen LogP contribution < -0.4 is 0 Å². The molecule has 0 radical (unpaired) electrons. The Morgan fingerprint density at radius 2 is 2.27 bits per heavy atom. The maximum absolute atomic E-state index is 10.6. The van der Waals surface area contributed by atoms with Gasteiger partial charge in [0.25, 0.3) is 0 Å². The highest BCUT2D eigenvalue weighted by Crippen LogP contribution is 2.03. The van der Waals surface area contributed by atoms with Gasteiger partial charge in [-0.1, -0.05) is 0 Å². The molecule has 1 aromatic heterocycles. The average molecular weight is 209 g/mol. The van der Waals surface area contributed by atoms with Crippen molar-refractivity contribution in [1.82, 2.24) is 4.57 Å². The molecule has 1 aromatic rings. The van der Waals surface area contributed by atoms with Gasteiger partial charge in [0.2, 0.25) is 0 Å². The van der Waals surface area contributed by atoms with Crippen molar-refractivity contribution in [2.45, 2.75) is 39.3 Å². The van der Waals surface area contributed by atoms with Crippen LogP contribution in [-0.2, 0) is 11.3 Å². The second kappa shape index (κ2) is 6.40. The highest BCUT2D eigenvalue weighted by Gasteiger charge is 1.98. The van der Waals surface area contributed by atoms with Crippen LogP contribution in [0.3, 0.4) is 0 Å². The van der Waals surface area contributed by atoms with Crippen LogP contribution >= 0.6 is 0 Å². The largest absolute Gasteiger partial charge is 0.379 e. The van der Waals surface area contributed by atoms with Crippen molar-refractivity contribution in [3.05, 3.63) is 24.0 Å². The van der Waals surface area contributed by atoms with Gasteiger partial charge in [-0.05, 0) is 38.8 Å². The third-order valence-electron chi connectivity index (χ3n) is 2.23. The van der Waals surface area contributed by atoms with E-state index in [4.69, 9.17) is 4.74 Å². The molecule has 0 saturated carbocycles. The van der Waals surface area contributed by atoms with Gasteiger partial charge in [-0.2, -0.15) is 0 Å². The van der Waals surface area contributed by atoms with E-state index >= 15 is 0 Å². The predicted octanol–water partition coefficient (Wildman–Crippen LogP) is 2.51. The highest BCUT2D eigenvalue weighted by molar-refractivity contribution is 5.72. The SMILES string of the molecule is CC(C)OCCCCn1cccc1C=O. The van der Waals surface area contributed by atoms with Crippen LogP contribution in [0.25, 0.3) is 0 Å². The Morgan fingerprint density at radius 1 is 1.47 bits per heavy atom. The first-order valence-electron chi connectivity index (χ1n) is 5.46. The zero-order valence-electron chi connectivity index (χ0n) is 9.48. The smallest absolute Gasteiger partial charge is 0.166 e. The molecule has 0 fully saturated rings. The number of hydrogen-bond acceptors (Lipinski definition) is 2. The zero-order valence-corrected chi connectivity index (χ0v) is 9.48. The molecule has 0 aliphatic heterocycles. The van der Waals surface area contributed by atoms with Gasteiger partial charge in [0.15, 0.2) is 6.29 Å².